The molecule has 1 amide bonds. The van der Waals surface area contributed by atoms with Gasteiger partial charge in [-0.25, -0.2) is 0 Å². The Labute approximate surface area is 184 Å². The van der Waals surface area contributed by atoms with E-state index in [1.54, 1.807) is 25.1 Å². The number of carbonyl (C=O) groups excluding carboxylic acids is 1. The first-order chi connectivity index (χ1) is 15.6. The Morgan fingerprint density at radius 2 is 1.72 bits per heavy atom. The summed E-state index contributed by atoms with van der Waals surface area (Å²) in [7, 11) is 0. The van der Waals surface area contributed by atoms with E-state index >= 15 is 0 Å². The third-order valence-corrected chi connectivity index (χ3v) is 5.48. The Morgan fingerprint density at radius 1 is 0.969 bits per heavy atom. The average molecular weight is 427 g/mol. The quantitative estimate of drug-likeness (QED) is 0.524. The molecule has 1 aliphatic heterocycles. The molecule has 2 heterocycles. The Bertz CT molecular complexity index is 1360. The number of carbonyl (C=O) groups is 1. The zero-order valence-electron chi connectivity index (χ0n) is 17.5. The maximum atomic E-state index is 13.0. The lowest BCUT2D eigenvalue weighted by Crippen LogP contribution is -2.40. The minimum Gasteiger partial charge on any atom is -0.486 e. The van der Waals surface area contributed by atoms with Crippen molar-refractivity contribution in [2.75, 3.05) is 13.2 Å². The fraction of sp³-hybridized carbons (Fsp3) is 0.154. The first kappa shape index (κ1) is 19.9. The number of amides is 1. The molecular weight excluding hydrogens is 406 g/mol. The van der Waals surface area contributed by atoms with Crippen LogP contribution in [0.5, 0.6) is 11.5 Å². The van der Waals surface area contributed by atoms with Gasteiger partial charge >= 0.3 is 0 Å². The lowest BCUT2D eigenvalue weighted by molar-refractivity contribution is 0.0789. The summed E-state index contributed by atoms with van der Waals surface area (Å²) in [4.78, 5) is 26.0. The number of fused-ring (bicyclic) bond motifs is 2. The summed E-state index contributed by atoms with van der Waals surface area (Å²) >= 11 is 0. The first-order valence-corrected chi connectivity index (χ1v) is 10.4. The number of ether oxygens (including phenoxy) is 2. The predicted octanol–water partition coefficient (Wildman–Crippen LogP) is 4.34. The molecule has 32 heavy (non-hydrogen) atoms. The van der Waals surface area contributed by atoms with E-state index in [-0.39, 0.29) is 29.6 Å². The van der Waals surface area contributed by atoms with Crippen LogP contribution in [-0.4, -0.2) is 25.2 Å². The second-order valence-corrected chi connectivity index (χ2v) is 7.64. The normalized spacial score (nSPS) is 14.8. The largest absolute Gasteiger partial charge is 0.486 e. The van der Waals surface area contributed by atoms with Crippen molar-refractivity contribution in [3.63, 3.8) is 0 Å². The van der Waals surface area contributed by atoms with E-state index in [1.165, 1.54) is 0 Å². The molecule has 0 saturated carbocycles. The second kappa shape index (κ2) is 8.23. The molecule has 0 unspecified atom stereocenters. The smallest absolute Gasteiger partial charge is 0.255 e. The van der Waals surface area contributed by atoms with Gasteiger partial charge in [-0.3, -0.25) is 9.59 Å². The van der Waals surface area contributed by atoms with Crippen molar-refractivity contribution in [1.29, 1.82) is 0 Å². The van der Waals surface area contributed by atoms with Crippen LogP contribution in [0.4, 0.5) is 0 Å². The Hall–Kier alpha value is -4.06. The van der Waals surface area contributed by atoms with Gasteiger partial charge in [0.1, 0.15) is 18.5 Å². The van der Waals surface area contributed by atoms with Gasteiger partial charge in [0.15, 0.2) is 22.5 Å². The van der Waals surface area contributed by atoms with Gasteiger partial charge in [-0.1, -0.05) is 48.5 Å². The number of nitrogens with one attached hydrogen (secondary N) is 1. The fourth-order valence-electron chi connectivity index (χ4n) is 3.82. The monoisotopic (exact) mass is 427 g/mol. The molecule has 5 rings (SSSR count). The first-order valence-electron chi connectivity index (χ1n) is 10.4. The molecule has 0 saturated heterocycles. The van der Waals surface area contributed by atoms with Crippen molar-refractivity contribution in [1.82, 2.24) is 5.32 Å². The molecule has 0 fully saturated rings. The van der Waals surface area contributed by atoms with E-state index in [0.717, 1.165) is 5.56 Å². The highest BCUT2D eigenvalue weighted by molar-refractivity contribution is 6.05. The van der Waals surface area contributed by atoms with E-state index < -0.39 is 0 Å². The minimum absolute atomic E-state index is 0.152. The van der Waals surface area contributed by atoms with Crippen molar-refractivity contribution in [2.45, 2.75) is 13.0 Å². The van der Waals surface area contributed by atoms with Crippen LogP contribution in [0.1, 0.15) is 15.9 Å². The molecular formula is C26H21NO5. The standard InChI is InChI=1S/C26H21NO5/c1-16-23(28)19-10-7-11-20(25(19)32-24(16)17-8-3-2-4-9-17)26(29)27-14-18-15-30-21-12-5-6-13-22(21)31-18/h2-13,18H,14-15H2,1H3,(H,27,29)/t18-/m0/s1. The zero-order chi connectivity index (χ0) is 22.1. The highest BCUT2D eigenvalue weighted by Crippen LogP contribution is 2.31. The van der Waals surface area contributed by atoms with Gasteiger partial charge in [-0.15, -0.1) is 0 Å². The third-order valence-electron chi connectivity index (χ3n) is 5.48. The van der Waals surface area contributed by atoms with Gasteiger partial charge in [0.05, 0.1) is 17.5 Å². The maximum Gasteiger partial charge on any atom is 0.255 e. The molecule has 0 radical (unpaired) electrons. The maximum absolute atomic E-state index is 13.0. The van der Waals surface area contributed by atoms with Gasteiger partial charge in [-0.2, -0.15) is 0 Å². The number of hydrogen-bond acceptors (Lipinski definition) is 5. The molecule has 1 N–H and O–H groups in total. The van der Waals surface area contributed by atoms with Crippen LogP contribution >= 0.6 is 0 Å². The van der Waals surface area contributed by atoms with Crippen LogP contribution in [0, 0.1) is 6.92 Å². The molecule has 1 aromatic heterocycles. The third kappa shape index (κ3) is 3.60. The van der Waals surface area contributed by atoms with Gasteiger partial charge in [-0.05, 0) is 31.2 Å². The second-order valence-electron chi connectivity index (χ2n) is 7.64. The highest BCUT2D eigenvalue weighted by atomic mass is 16.6. The van der Waals surface area contributed by atoms with E-state index in [4.69, 9.17) is 13.9 Å². The van der Waals surface area contributed by atoms with Crippen LogP contribution in [0.2, 0.25) is 0 Å². The van der Waals surface area contributed by atoms with Crippen LogP contribution < -0.4 is 20.2 Å². The molecule has 6 nitrogen and oxygen atoms in total. The molecule has 1 atom stereocenters. The van der Waals surface area contributed by atoms with Gasteiger partial charge in [0, 0.05) is 11.1 Å². The molecule has 160 valence electrons. The molecule has 3 aromatic carbocycles. The summed E-state index contributed by atoms with van der Waals surface area (Å²) in [6.45, 7) is 2.32. The average Bonchev–Trinajstić information content (AvgIpc) is 2.84. The SMILES string of the molecule is Cc1c(-c2ccccc2)oc2c(C(=O)NC[C@H]3COc4ccccc4O3)cccc2c1=O. The summed E-state index contributed by atoms with van der Waals surface area (Å²) in [5.74, 6) is 1.46. The Kier molecular flexibility index (Phi) is 5.11. The van der Waals surface area contributed by atoms with Crippen molar-refractivity contribution in [2.24, 2.45) is 0 Å². The molecule has 0 spiro atoms. The van der Waals surface area contributed by atoms with Gasteiger partial charge in [0.25, 0.3) is 5.91 Å². The van der Waals surface area contributed by atoms with E-state index in [9.17, 15) is 9.59 Å². The molecule has 0 bridgehead atoms. The number of rotatable bonds is 4. The van der Waals surface area contributed by atoms with Crippen LogP contribution in [0.25, 0.3) is 22.3 Å². The van der Waals surface area contributed by atoms with Crippen molar-refractivity contribution < 1.29 is 18.7 Å². The fourth-order valence-corrected chi connectivity index (χ4v) is 3.82. The predicted molar refractivity (Wildman–Crippen MR) is 121 cm³/mol. The van der Waals surface area contributed by atoms with Gasteiger partial charge < -0.3 is 19.2 Å². The summed E-state index contributed by atoms with van der Waals surface area (Å²) in [5.41, 5.74) is 1.71. The van der Waals surface area contributed by atoms with Crippen LogP contribution in [0.3, 0.4) is 0 Å². The summed E-state index contributed by atoms with van der Waals surface area (Å²) < 4.78 is 17.7. The molecule has 4 aromatic rings. The van der Waals surface area contributed by atoms with Crippen molar-refractivity contribution in [3.05, 3.63) is 94.1 Å². The molecule has 6 heteroatoms. The van der Waals surface area contributed by atoms with E-state index in [2.05, 4.69) is 5.32 Å². The summed E-state index contributed by atoms with van der Waals surface area (Å²) in [6.07, 6.45) is -0.321. The number of para-hydroxylation sites is 3. The lowest BCUT2D eigenvalue weighted by Gasteiger charge is -2.26. The van der Waals surface area contributed by atoms with E-state index in [1.807, 2.05) is 54.6 Å². The highest BCUT2D eigenvalue weighted by Gasteiger charge is 2.23. The minimum atomic E-state index is -0.343. The van der Waals surface area contributed by atoms with Crippen molar-refractivity contribution >= 4 is 16.9 Å². The Balaban J connectivity index is 1.43. The van der Waals surface area contributed by atoms with Crippen LogP contribution in [0.15, 0.2) is 82.0 Å². The zero-order valence-corrected chi connectivity index (χ0v) is 17.5. The van der Waals surface area contributed by atoms with E-state index in [0.29, 0.717) is 40.4 Å². The number of benzene rings is 3. The Morgan fingerprint density at radius 3 is 2.53 bits per heavy atom. The molecule has 0 aliphatic carbocycles. The topological polar surface area (TPSA) is 77.8 Å². The number of hydrogen-bond donors (Lipinski definition) is 1. The van der Waals surface area contributed by atoms with Crippen molar-refractivity contribution in [3.8, 4) is 22.8 Å². The van der Waals surface area contributed by atoms with Gasteiger partial charge in [0.2, 0.25) is 0 Å². The van der Waals surface area contributed by atoms with Crippen LogP contribution in [-0.2, 0) is 0 Å². The summed E-state index contributed by atoms with van der Waals surface area (Å²) in [6, 6.07) is 21.8. The summed E-state index contributed by atoms with van der Waals surface area (Å²) in [5, 5.41) is 3.25. The lowest BCUT2D eigenvalue weighted by atomic mass is 10.0. The molecule has 1 aliphatic rings.